The number of ether oxygens (including phenoxy) is 2. The number of anilines is 1. The molecule has 0 aliphatic carbocycles. The van der Waals surface area contributed by atoms with Gasteiger partial charge in [0.15, 0.2) is 12.4 Å². The summed E-state index contributed by atoms with van der Waals surface area (Å²) in [6, 6.07) is 13.2. The maximum Gasteiger partial charge on any atom is 0.315 e. The summed E-state index contributed by atoms with van der Waals surface area (Å²) in [5, 5.41) is 19.2. The van der Waals surface area contributed by atoms with Gasteiger partial charge in [0.25, 0.3) is 11.5 Å². The van der Waals surface area contributed by atoms with Crippen LogP contribution in [0.3, 0.4) is 0 Å². The molecule has 1 N–H and O–H groups in total. The first-order valence-corrected chi connectivity index (χ1v) is 13.9. The molecule has 3 aromatic carbocycles. The van der Waals surface area contributed by atoms with Gasteiger partial charge in [0.2, 0.25) is 5.75 Å². The second-order valence-electron chi connectivity index (χ2n) is 9.06. The van der Waals surface area contributed by atoms with Crippen LogP contribution in [-0.2, 0) is 11.2 Å². The van der Waals surface area contributed by atoms with E-state index in [-0.39, 0.29) is 34.9 Å². The molecular formula is C29H27BrFN5O6. The highest BCUT2D eigenvalue weighted by Gasteiger charge is 2.23. The van der Waals surface area contributed by atoms with Crippen LogP contribution < -0.4 is 20.3 Å². The molecule has 42 heavy (non-hydrogen) atoms. The van der Waals surface area contributed by atoms with E-state index < -0.39 is 28.9 Å². The van der Waals surface area contributed by atoms with Crippen molar-refractivity contribution < 1.29 is 23.6 Å². The van der Waals surface area contributed by atoms with Crippen molar-refractivity contribution in [1.82, 2.24) is 9.66 Å². The van der Waals surface area contributed by atoms with Gasteiger partial charge >= 0.3 is 5.69 Å². The zero-order valence-electron chi connectivity index (χ0n) is 22.8. The van der Waals surface area contributed by atoms with Gasteiger partial charge in [0.05, 0.1) is 28.6 Å². The lowest BCUT2D eigenvalue weighted by Gasteiger charge is -2.13. The number of hydrogen-bond acceptors (Lipinski definition) is 8. The number of rotatable bonds is 12. The number of aromatic nitrogens is 2. The summed E-state index contributed by atoms with van der Waals surface area (Å²) < 4.78 is 26.5. The average Bonchev–Trinajstić information content (AvgIpc) is 2.95. The van der Waals surface area contributed by atoms with E-state index in [0.29, 0.717) is 27.6 Å². The number of aryl methyl sites for hydroxylation is 1. The van der Waals surface area contributed by atoms with E-state index in [0.717, 1.165) is 18.9 Å². The van der Waals surface area contributed by atoms with Crippen LogP contribution in [0, 0.1) is 15.9 Å². The summed E-state index contributed by atoms with van der Waals surface area (Å²) >= 11 is 3.38. The molecule has 0 unspecified atom stereocenters. The predicted molar refractivity (Wildman–Crippen MR) is 160 cm³/mol. The third-order valence-electron chi connectivity index (χ3n) is 5.96. The van der Waals surface area contributed by atoms with E-state index >= 15 is 0 Å². The monoisotopic (exact) mass is 639 g/mol. The molecule has 13 heteroatoms. The van der Waals surface area contributed by atoms with E-state index in [1.54, 1.807) is 25.1 Å². The summed E-state index contributed by atoms with van der Waals surface area (Å²) in [6.07, 6.45) is 3.47. The number of carbonyl (C=O) groups excluding carboxylic acids is 1. The number of carbonyl (C=O) groups is 1. The fraction of sp³-hybridized carbons (Fsp3) is 0.241. The first kappa shape index (κ1) is 30.3. The van der Waals surface area contributed by atoms with Crippen LogP contribution in [0.15, 0.2) is 69.0 Å². The summed E-state index contributed by atoms with van der Waals surface area (Å²) in [5.41, 5.74) is 0.147. The maximum absolute atomic E-state index is 13.4. The molecule has 0 fully saturated rings. The molecule has 0 radical (unpaired) electrons. The Labute approximate surface area is 248 Å². The Bertz CT molecular complexity index is 1730. The van der Waals surface area contributed by atoms with Gasteiger partial charge in [-0.25, -0.2) is 9.37 Å². The summed E-state index contributed by atoms with van der Waals surface area (Å²) in [4.78, 5) is 41.7. The number of nitrogens with one attached hydrogen (secondary N) is 1. The summed E-state index contributed by atoms with van der Waals surface area (Å²) in [5.74, 6) is -0.987. The summed E-state index contributed by atoms with van der Waals surface area (Å²) in [6.45, 7) is 3.26. The number of benzene rings is 3. The lowest BCUT2D eigenvalue weighted by Crippen LogP contribution is -2.22. The van der Waals surface area contributed by atoms with Gasteiger partial charge < -0.3 is 14.8 Å². The van der Waals surface area contributed by atoms with Crippen molar-refractivity contribution in [2.24, 2.45) is 5.10 Å². The number of hydrogen-bond donors (Lipinski definition) is 1. The van der Waals surface area contributed by atoms with E-state index in [2.05, 4.69) is 31.3 Å². The molecule has 0 bridgehead atoms. The highest BCUT2D eigenvalue weighted by molar-refractivity contribution is 9.10. The van der Waals surface area contributed by atoms with Crippen molar-refractivity contribution in [2.45, 2.75) is 33.1 Å². The van der Waals surface area contributed by atoms with Crippen LogP contribution >= 0.6 is 15.9 Å². The van der Waals surface area contributed by atoms with Crippen LogP contribution in [-0.4, -0.2) is 39.9 Å². The second-order valence-corrected chi connectivity index (χ2v) is 9.97. The molecule has 1 aromatic heterocycles. The molecule has 0 saturated heterocycles. The van der Waals surface area contributed by atoms with Crippen molar-refractivity contribution in [3.63, 3.8) is 0 Å². The Balaban J connectivity index is 1.68. The van der Waals surface area contributed by atoms with Crippen LogP contribution in [0.2, 0.25) is 0 Å². The number of halogens is 2. The quantitative estimate of drug-likeness (QED) is 0.117. The van der Waals surface area contributed by atoms with Crippen molar-refractivity contribution >= 4 is 50.3 Å². The van der Waals surface area contributed by atoms with Crippen LogP contribution in [0.25, 0.3) is 10.9 Å². The number of nitrogens with zero attached hydrogens (tertiary/aromatic N) is 4. The zero-order valence-corrected chi connectivity index (χ0v) is 24.4. The minimum Gasteiger partial charge on any atom is -0.490 e. The number of amides is 1. The number of fused-ring (bicyclic) bond motifs is 1. The molecule has 4 aromatic rings. The first-order valence-electron chi connectivity index (χ1n) is 13.1. The van der Waals surface area contributed by atoms with Crippen molar-refractivity contribution in [1.29, 1.82) is 0 Å². The van der Waals surface area contributed by atoms with E-state index in [1.807, 2.05) is 6.92 Å². The van der Waals surface area contributed by atoms with Gasteiger partial charge in [0.1, 0.15) is 11.6 Å². The summed E-state index contributed by atoms with van der Waals surface area (Å²) in [7, 11) is 0. The third kappa shape index (κ3) is 7.35. The Hall–Kier alpha value is -4.65. The average molecular weight is 640 g/mol. The lowest BCUT2D eigenvalue weighted by atomic mass is 10.2. The highest BCUT2D eigenvalue weighted by atomic mass is 79.9. The number of nitro groups is 1. The molecular weight excluding hydrogens is 613 g/mol. The Kier molecular flexibility index (Phi) is 9.97. The van der Waals surface area contributed by atoms with Crippen LogP contribution in [0.5, 0.6) is 11.5 Å². The second kappa shape index (κ2) is 13.8. The molecule has 0 spiro atoms. The number of unbranched alkanes of at least 4 members (excludes halogenated alkanes) is 1. The molecule has 4 rings (SSSR count). The largest absolute Gasteiger partial charge is 0.490 e. The highest BCUT2D eigenvalue weighted by Crippen LogP contribution is 2.38. The lowest BCUT2D eigenvalue weighted by molar-refractivity contribution is -0.385. The van der Waals surface area contributed by atoms with Gasteiger partial charge in [-0.05, 0) is 55.8 Å². The smallest absolute Gasteiger partial charge is 0.315 e. The van der Waals surface area contributed by atoms with Gasteiger partial charge in [-0.3, -0.25) is 19.7 Å². The van der Waals surface area contributed by atoms with Gasteiger partial charge in [-0.15, -0.1) is 0 Å². The zero-order chi connectivity index (χ0) is 30.2. The van der Waals surface area contributed by atoms with E-state index in [1.165, 1.54) is 41.2 Å². The topological polar surface area (TPSA) is 138 Å². The third-order valence-corrected chi connectivity index (χ3v) is 6.45. The van der Waals surface area contributed by atoms with Crippen molar-refractivity contribution in [3.05, 3.63) is 96.7 Å². The van der Waals surface area contributed by atoms with Gasteiger partial charge in [-0.1, -0.05) is 35.3 Å². The standard InChI is InChI=1S/C29H27BrFN5O6/c1-3-5-9-26-34-23-11-10-19(30)14-22(23)29(38)35(26)32-16-18-12-24(36(39)40)28(25(13-18)41-4-2)42-17-27(37)33-21-8-6-7-20(31)15-21/h6-8,10-16H,3-5,9,17H2,1-2H3,(H,33,37). The molecule has 1 heterocycles. The number of nitro benzene ring substituents is 1. The molecule has 11 nitrogen and oxygen atoms in total. The Morgan fingerprint density at radius 3 is 2.71 bits per heavy atom. The molecule has 0 saturated carbocycles. The maximum atomic E-state index is 13.4. The van der Waals surface area contributed by atoms with E-state index in [9.17, 15) is 24.1 Å². The normalized spacial score (nSPS) is 11.1. The molecule has 218 valence electrons. The SMILES string of the molecule is CCCCc1nc2ccc(Br)cc2c(=O)n1N=Cc1cc(OCC)c(OCC(=O)Nc2cccc(F)c2)c([N+](=O)[O-])c1. The van der Waals surface area contributed by atoms with Crippen molar-refractivity contribution in [2.75, 3.05) is 18.5 Å². The molecule has 0 atom stereocenters. The van der Waals surface area contributed by atoms with Crippen LogP contribution in [0.4, 0.5) is 15.8 Å². The Morgan fingerprint density at radius 1 is 1.19 bits per heavy atom. The van der Waals surface area contributed by atoms with Crippen molar-refractivity contribution in [3.8, 4) is 11.5 Å². The van der Waals surface area contributed by atoms with Gasteiger partial charge in [-0.2, -0.15) is 9.78 Å². The first-order chi connectivity index (χ1) is 20.2. The van der Waals surface area contributed by atoms with Crippen LogP contribution in [0.1, 0.15) is 38.1 Å². The fourth-order valence-corrected chi connectivity index (χ4v) is 4.42. The molecule has 0 aliphatic rings. The fourth-order valence-electron chi connectivity index (χ4n) is 4.06. The predicted octanol–water partition coefficient (Wildman–Crippen LogP) is 5.85. The molecule has 1 amide bonds. The minimum atomic E-state index is -0.673. The minimum absolute atomic E-state index is 0.00539. The molecule has 0 aliphatic heterocycles. The van der Waals surface area contributed by atoms with Gasteiger partial charge in [0, 0.05) is 28.2 Å². The Morgan fingerprint density at radius 2 is 2.00 bits per heavy atom. The van der Waals surface area contributed by atoms with E-state index in [4.69, 9.17) is 9.47 Å².